The molecule has 2 amide bonds. The highest BCUT2D eigenvalue weighted by Crippen LogP contribution is 2.24. The topological polar surface area (TPSA) is 90.1 Å². The Hall–Kier alpha value is -1.89. The van der Waals surface area contributed by atoms with Crippen molar-refractivity contribution in [3.05, 3.63) is 18.0 Å². The molecule has 2 aliphatic heterocycles. The van der Waals surface area contributed by atoms with E-state index in [1.54, 1.807) is 6.20 Å². The largest absolute Gasteiger partial charge is 0.354 e. The molecule has 0 spiro atoms. The maximum absolute atomic E-state index is 12.3. The second-order valence-electron chi connectivity index (χ2n) is 6.49. The summed E-state index contributed by atoms with van der Waals surface area (Å²) in [6.45, 7) is 2.85. The molecule has 3 N–H and O–H groups in total. The van der Waals surface area contributed by atoms with Crippen LogP contribution < -0.4 is 10.6 Å². The predicted molar refractivity (Wildman–Crippen MR) is 85.8 cm³/mol. The van der Waals surface area contributed by atoms with Crippen LogP contribution in [0.5, 0.6) is 0 Å². The van der Waals surface area contributed by atoms with E-state index in [2.05, 4.69) is 25.7 Å². The molecule has 0 radical (unpaired) electrons. The number of piperidine rings is 1. The van der Waals surface area contributed by atoms with Crippen LogP contribution in [0.3, 0.4) is 0 Å². The number of hydrogen-bond donors (Lipinski definition) is 3. The minimum atomic E-state index is -0.377. The SMILES string of the molecule is O=C(CN1CCC[C@H](c2ccn[nH]2)C1)N[C@@H]1CCCCNC1=O. The van der Waals surface area contributed by atoms with E-state index in [0.29, 0.717) is 19.0 Å². The first-order chi connectivity index (χ1) is 11.2. The maximum Gasteiger partial charge on any atom is 0.242 e. The molecule has 0 bridgehead atoms. The number of likely N-dealkylation sites (tertiary alicyclic amines) is 1. The van der Waals surface area contributed by atoms with Gasteiger partial charge >= 0.3 is 0 Å². The van der Waals surface area contributed by atoms with Crippen LogP contribution >= 0.6 is 0 Å². The van der Waals surface area contributed by atoms with Gasteiger partial charge in [-0.05, 0) is 44.7 Å². The molecule has 2 atom stereocenters. The highest BCUT2D eigenvalue weighted by Gasteiger charge is 2.26. The van der Waals surface area contributed by atoms with Gasteiger partial charge in [0.1, 0.15) is 6.04 Å². The summed E-state index contributed by atoms with van der Waals surface area (Å²) < 4.78 is 0. The number of H-pyrrole nitrogens is 1. The number of nitrogens with zero attached hydrogens (tertiary/aromatic N) is 2. The predicted octanol–water partition coefficient (Wildman–Crippen LogP) is 0.374. The molecule has 2 fully saturated rings. The lowest BCUT2D eigenvalue weighted by Gasteiger charge is -2.32. The fraction of sp³-hybridized carbons (Fsp3) is 0.688. The van der Waals surface area contributed by atoms with Gasteiger partial charge < -0.3 is 10.6 Å². The van der Waals surface area contributed by atoms with Gasteiger partial charge in [-0.2, -0.15) is 5.10 Å². The Kier molecular flexibility index (Phi) is 5.27. The van der Waals surface area contributed by atoms with Gasteiger partial charge in [-0.1, -0.05) is 0 Å². The van der Waals surface area contributed by atoms with E-state index in [9.17, 15) is 9.59 Å². The van der Waals surface area contributed by atoms with Crippen LogP contribution in [0.4, 0.5) is 0 Å². The molecule has 0 aliphatic carbocycles. The van der Waals surface area contributed by atoms with Gasteiger partial charge in [0, 0.05) is 30.9 Å². The lowest BCUT2D eigenvalue weighted by atomic mass is 9.95. The summed E-state index contributed by atoms with van der Waals surface area (Å²) >= 11 is 0. The Balaban J connectivity index is 1.50. The Morgan fingerprint density at radius 3 is 3.09 bits per heavy atom. The zero-order chi connectivity index (χ0) is 16.1. The summed E-state index contributed by atoms with van der Waals surface area (Å²) in [6, 6.07) is 1.63. The van der Waals surface area contributed by atoms with Crippen molar-refractivity contribution in [1.29, 1.82) is 0 Å². The third-order valence-electron chi connectivity index (χ3n) is 4.71. The summed E-state index contributed by atoms with van der Waals surface area (Å²) in [5, 5.41) is 12.8. The van der Waals surface area contributed by atoms with E-state index in [1.807, 2.05) is 6.07 Å². The zero-order valence-electron chi connectivity index (χ0n) is 13.4. The fourth-order valence-corrected chi connectivity index (χ4v) is 3.47. The second kappa shape index (κ2) is 7.59. The summed E-state index contributed by atoms with van der Waals surface area (Å²) in [5.74, 6) is 0.294. The van der Waals surface area contributed by atoms with Gasteiger partial charge in [0.15, 0.2) is 0 Å². The van der Waals surface area contributed by atoms with Crippen LogP contribution in [0.2, 0.25) is 0 Å². The number of hydrogen-bond acceptors (Lipinski definition) is 4. The van der Waals surface area contributed by atoms with E-state index in [1.165, 1.54) is 0 Å². The normalized spacial score (nSPS) is 26.3. The number of carbonyl (C=O) groups is 2. The Labute approximate surface area is 136 Å². The summed E-state index contributed by atoms with van der Waals surface area (Å²) in [6.07, 6.45) is 6.64. The highest BCUT2D eigenvalue weighted by atomic mass is 16.2. The fourth-order valence-electron chi connectivity index (χ4n) is 3.47. The second-order valence-corrected chi connectivity index (χ2v) is 6.49. The Morgan fingerprint density at radius 1 is 1.35 bits per heavy atom. The lowest BCUT2D eigenvalue weighted by molar-refractivity contribution is -0.129. The van der Waals surface area contributed by atoms with Gasteiger partial charge in [-0.3, -0.25) is 19.6 Å². The Bertz CT molecular complexity index is 531. The molecule has 126 valence electrons. The monoisotopic (exact) mass is 319 g/mol. The lowest BCUT2D eigenvalue weighted by Crippen LogP contribution is -2.49. The van der Waals surface area contributed by atoms with Crippen molar-refractivity contribution in [1.82, 2.24) is 25.7 Å². The number of aromatic amines is 1. The molecule has 0 saturated carbocycles. The van der Waals surface area contributed by atoms with Crippen LogP contribution in [0, 0.1) is 0 Å². The van der Waals surface area contributed by atoms with Crippen LogP contribution in [-0.4, -0.2) is 59.1 Å². The highest BCUT2D eigenvalue weighted by molar-refractivity contribution is 5.88. The summed E-state index contributed by atoms with van der Waals surface area (Å²) in [4.78, 5) is 26.3. The molecule has 1 aromatic rings. The molecule has 2 saturated heterocycles. The molecular formula is C16H25N5O2. The van der Waals surface area contributed by atoms with Crippen molar-refractivity contribution in [3.63, 3.8) is 0 Å². The first-order valence-corrected chi connectivity index (χ1v) is 8.51. The van der Waals surface area contributed by atoms with Gasteiger partial charge in [-0.25, -0.2) is 0 Å². The van der Waals surface area contributed by atoms with Crippen molar-refractivity contribution in [2.45, 2.75) is 44.1 Å². The molecule has 0 unspecified atom stereocenters. The van der Waals surface area contributed by atoms with Crippen LogP contribution in [0.25, 0.3) is 0 Å². The summed E-state index contributed by atoms with van der Waals surface area (Å²) in [5.41, 5.74) is 1.14. The molecule has 23 heavy (non-hydrogen) atoms. The van der Waals surface area contributed by atoms with Crippen LogP contribution in [0.15, 0.2) is 12.3 Å². The molecule has 7 nitrogen and oxygen atoms in total. The Morgan fingerprint density at radius 2 is 2.26 bits per heavy atom. The van der Waals surface area contributed by atoms with E-state index in [4.69, 9.17) is 0 Å². The molecule has 3 heterocycles. The van der Waals surface area contributed by atoms with Crippen molar-refractivity contribution < 1.29 is 9.59 Å². The third-order valence-corrected chi connectivity index (χ3v) is 4.71. The number of carbonyl (C=O) groups excluding carboxylic acids is 2. The molecular weight excluding hydrogens is 294 g/mol. The third kappa shape index (κ3) is 4.31. The number of amides is 2. The molecule has 2 aliphatic rings. The number of rotatable bonds is 4. The first kappa shape index (κ1) is 16.0. The van der Waals surface area contributed by atoms with Crippen molar-refractivity contribution in [2.24, 2.45) is 0 Å². The van der Waals surface area contributed by atoms with E-state index in [0.717, 1.165) is 50.9 Å². The first-order valence-electron chi connectivity index (χ1n) is 8.51. The maximum atomic E-state index is 12.3. The molecule has 7 heteroatoms. The van der Waals surface area contributed by atoms with E-state index >= 15 is 0 Å². The van der Waals surface area contributed by atoms with Crippen molar-refractivity contribution in [3.8, 4) is 0 Å². The van der Waals surface area contributed by atoms with Gasteiger partial charge in [-0.15, -0.1) is 0 Å². The van der Waals surface area contributed by atoms with Gasteiger partial charge in [0.25, 0.3) is 0 Å². The van der Waals surface area contributed by atoms with Gasteiger partial charge in [0.05, 0.1) is 6.54 Å². The number of nitrogens with one attached hydrogen (secondary N) is 3. The molecule has 3 rings (SSSR count). The van der Waals surface area contributed by atoms with Crippen LogP contribution in [-0.2, 0) is 9.59 Å². The average Bonchev–Trinajstić information content (AvgIpc) is 3.01. The minimum Gasteiger partial charge on any atom is -0.354 e. The van der Waals surface area contributed by atoms with Crippen LogP contribution in [0.1, 0.15) is 43.7 Å². The van der Waals surface area contributed by atoms with Crippen molar-refractivity contribution >= 4 is 11.8 Å². The number of aromatic nitrogens is 2. The van der Waals surface area contributed by atoms with E-state index < -0.39 is 0 Å². The smallest absolute Gasteiger partial charge is 0.242 e. The quantitative estimate of drug-likeness (QED) is 0.748. The summed E-state index contributed by atoms with van der Waals surface area (Å²) in [7, 11) is 0. The standard InChI is InChI=1S/C16H25N5O2/c22-15(19-14-5-1-2-7-17-16(14)23)11-21-9-3-4-12(10-21)13-6-8-18-20-13/h6,8,12,14H,1-5,7,9-11H2,(H,17,23)(H,18,20)(H,19,22)/t12-,14+/m0/s1. The van der Waals surface area contributed by atoms with Gasteiger partial charge in [0.2, 0.25) is 11.8 Å². The molecule has 1 aromatic heterocycles. The van der Waals surface area contributed by atoms with E-state index in [-0.39, 0.29) is 17.9 Å². The molecule has 0 aromatic carbocycles. The average molecular weight is 319 g/mol. The zero-order valence-corrected chi connectivity index (χ0v) is 13.4. The minimum absolute atomic E-state index is 0.0511. The van der Waals surface area contributed by atoms with Crippen molar-refractivity contribution in [2.75, 3.05) is 26.2 Å².